The van der Waals surface area contributed by atoms with Gasteiger partial charge in [0, 0.05) is 0 Å². The van der Waals surface area contributed by atoms with E-state index in [-0.39, 0.29) is 13.2 Å². The van der Waals surface area contributed by atoms with Gasteiger partial charge in [-0.3, -0.25) is 9.05 Å². The summed E-state index contributed by atoms with van der Waals surface area (Å²) >= 11 is 0. The first kappa shape index (κ1) is 15.9. The second-order valence-electron chi connectivity index (χ2n) is 4.87. The summed E-state index contributed by atoms with van der Waals surface area (Å²) < 4.78 is 22.0. The summed E-state index contributed by atoms with van der Waals surface area (Å²) in [5.74, 6) is 0. The molecule has 0 amide bonds. The van der Waals surface area contributed by atoms with E-state index in [1.165, 1.54) is 0 Å². The fourth-order valence-electron chi connectivity index (χ4n) is 1.88. The van der Waals surface area contributed by atoms with Crippen molar-refractivity contribution in [2.24, 2.45) is 0 Å². The van der Waals surface area contributed by atoms with E-state index >= 15 is 0 Å². The fourth-order valence-corrected chi connectivity index (χ4v) is 2.56. The summed E-state index contributed by atoms with van der Waals surface area (Å²) in [6.07, 6.45) is 0. The van der Waals surface area contributed by atoms with Gasteiger partial charge in [0.1, 0.15) is 0 Å². The summed E-state index contributed by atoms with van der Waals surface area (Å²) in [7, 11) is -4.06. The van der Waals surface area contributed by atoms with Gasteiger partial charge in [0.25, 0.3) is 0 Å². The SMILES string of the molecule is Cc1ccccc1COP(=O)(O)OCc1ccccc1C. The van der Waals surface area contributed by atoms with E-state index in [0.717, 1.165) is 22.3 Å². The molecule has 4 nitrogen and oxygen atoms in total. The molecule has 0 fully saturated rings. The largest absolute Gasteiger partial charge is 0.472 e. The molecule has 0 aromatic heterocycles. The van der Waals surface area contributed by atoms with E-state index < -0.39 is 7.82 Å². The van der Waals surface area contributed by atoms with Crippen molar-refractivity contribution in [3.05, 3.63) is 70.8 Å². The molecule has 112 valence electrons. The molecule has 2 aromatic carbocycles. The van der Waals surface area contributed by atoms with Crippen molar-refractivity contribution >= 4 is 7.82 Å². The molecule has 0 aliphatic rings. The van der Waals surface area contributed by atoms with Crippen molar-refractivity contribution in [2.45, 2.75) is 27.1 Å². The maximum Gasteiger partial charge on any atom is 0.472 e. The minimum absolute atomic E-state index is 0.0498. The van der Waals surface area contributed by atoms with Gasteiger partial charge in [0.2, 0.25) is 0 Å². The van der Waals surface area contributed by atoms with Crippen LogP contribution in [0.5, 0.6) is 0 Å². The molecule has 2 aromatic rings. The first-order valence-corrected chi connectivity index (χ1v) is 8.18. The monoisotopic (exact) mass is 306 g/mol. The van der Waals surface area contributed by atoms with Gasteiger partial charge in [0.05, 0.1) is 13.2 Å². The van der Waals surface area contributed by atoms with Crippen LogP contribution < -0.4 is 0 Å². The van der Waals surface area contributed by atoms with Crippen molar-refractivity contribution in [1.29, 1.82) is 0 Å². The molecule has 5 heteroatoms. The van der Waals surface area contributed by atoms with Crippen LogP contribution in [0.1, 0.15) is 22.3 Å². The molecule has 0 aliphatic heterocycles. The predicted octanol–water partition coefficient (Wildman–Crippen LogP) is 4.14. The number of phosphoric acid groups is 1. The molecule has 0 atom stereocenters. The standard InChI is InChI=1S/C16H19O4P/c1-13-7-3-5-9-15(13)11-19-21(17,18)20-12-16-10-6-4-8-14(16)2/h3-10H,11-12H2,1-2H3,(H,17,18). The molecule has 0 heterocycles. The minimum Gasteiger partial charge on any atom is -0.302 e. The Morgan fingerprint density at radius 1 is 0.857 bits per heavy atom. The quantitative estimate of drug-likeness (QED) is 0.815. The van der Waals surface area contributed by atoms with Crippen LogP contribution in [0.25, 0.3) is 0 Å². The van der Waals surface area contributed by atoms with Crippen molar-refractivity contribution in [3.63, 3.8) is 0 Å². The minimum atomic E-state index is -4.06. The molecule has 0 saturated heterocycles. The molecular formula is C16H19O4P. The van der Waals surface area contributed by atoms with Crippen LogP contribution in [0.2, 0.25) is 0 Å². The van der Waals surface area contributed by atoms with Crippen LogP contribution in [0, 0.1) is 13.8 Å². The maximum absolute atomic E-state index is 11.9. The van der Waals surface area contributed by atoms with E-state index in [2.05, 4.69) is 0 Å². The van der Waals surface area contributed by atoms with Gasteiger partial charge < -0.3 is 4.89 Å². The molecular weight excluding hydrogens is 287 g/mol. The highest BCUT2D eigenvalue weighted by Crippen LogP contribution is 2.45. The van der Waals surface area contributed by atoms with E-state index in [1.807, 2.05) is 62.4 Å². The summed E-state index contributed by atoms with van der Waals surface area (Å²) in [6, 6.07) is 15.1. The number of benzene rings is 2. The average Bonchev–Trinajstić information content (AvgIpc) is 2.46. The number of phosphoric ester groups is 1. The van der Waals surface area contributed by atoms with Gasteiger partial charge in [0.15, 0.2) is 0 Å². The molecule has 21 heavy (non-hydrogen) atoms. The van der Waals surface area contributed by atoms with Crippen molar-refractivity contribution in [2.75, 3.05) is 0 Å². The zero-order valence-corrected chi connectivity index (χ0v) is 13.0. The van der Waals surface area contributed by atoms with Gasteiger partial charge in [-0.2, -0.15) is 0 Å². The fraction of sp³-hybridized carbons (Fsp3) is 0.250. The molecule has 1 N–H and O–H groups in total. The second kappa shape index (κ2) is 7.01. The Balaban J connectivity index is 1.92. The van der Waals surface area contributed by atoms with E-state index in [9.17, 15) is 9.46 Å². The lowest BCUT2D eigenvalue weighted by Gasteiger charge is -2.14. The maximum atomic E-state index is 11.9. The molecule has 0 radical (unpaired) electrons. The zero-order valence-electron chi connectivity index (χ0n) is 12.2. The lowest BCUT2D eigenvalue weighted by Crippen LogP contribution is -1.99. The smallest absolute Gasteiger partial charge is 0.302 e. The average molecular weight is 306 g/mol. The van der Waals surface area contributed by atoms with Crippen LogP contribution in [-0.2, 0) is 26.8 Å². The Kier molecular flexibility index (Phi) is 5.32. The predicted molar refractivity (Wildman–Crippen MR) is 81.8 cm³/mol. The number of aryl methyl sites for hydroxylation is 2. The molecule has 2 rings (SSSR count). The van der Waals surface area contributed by atoms with Crippen molar-refractivity contribution < 1.29 is 18.5 Å². The Bertz CT molecular complexity index is 601. The molecule has 0 saturated carbocycles. The summed E-state index contributed by atoms with van der Waals surface area (Å²) in [5.41, 5.74) is 3.75. The van der Waals surface area contributed by atoms with Gasteiger partial charge >= 0.3 is 7.82 Å². The lowest BCUT2D eigenvalue weighted by atomic mass is 10.1. The Morgan fingerprint density at radius 2 is 1.24 bits per heavy atom. The second-order valence-corrected chi connectivity index (χ2v) is 6.32. The van der Waals surface area contributed by atoms with E-state index in [0.29, 0.717) is 0 Å². The summed E-state index contributed by atoms with van der Waals surface area (Å²) in [6.45, 7) is 3.95. The van der Waals surface area contributed by atoms with Crippen LogP contribution in [0.4, 0.5) is 0 Å². The summed E-state index contributed by atoms with van der Waals surface area (Å²) in [4.78, 5) is 9.73. The lowest BCUT2D eigenvalue weighted by molar-refractivity contribution is 0.137. The van der Waals surface area contributed by atoms with E-state index in [4.69, 9.17) is 9.05 Å². The number of hydrogen-bond acceptors (Lipinski definition) is 3. The third kappa shape index (κ3) is 4.80. The first-order valence-electron chi connectivity index (χ1n) is 6.69. The van der Waals surface area contributed by atoms with Gasteiger partial charge in [-0.1, -0.05) is 48.5 Å². The molecule has 0 unspecified atom stereocenters. The van der Waals surface area contributed by atoms with Gasteiger partial charge in [-0.05, 0) is 36.1 Å². The van der Waals surface area contributed by atoms with Crippen LogP contribution in [-0.4, -0.2) is 4.89 Å². The highest BCUT2D eigenvalue weighted by molar-refractivity contribution is 7.47. The number of hydrogen-bond donors (Lipinski definition) is 1. The van der Waals surface area contributed by atoms with Crippen LogP contribution in [0.15, 0.2) is 48.5 Å². The van der Waals surface area contributed by atoms with Crippen molar-refractivity contribution in [1.82, 2.24) is 0 Å². The Morgan fingerprint density at radius 3 is 1.62 bits per heavy atom. The highest BCUT2D eigenvalue weighted by atomic mass is 31.2. The Labute approximate surface area is 125 Å². The first-order chi connectivity index (χ1) is 9.98. The molecule has 0 aliphatic carbocycles. The zero-order chi connectivity index (χ0) is 15.3. The summed E-state index contributed by atoms with van der Waals surface area (Å²) in [5, 5.41) is 0. The van der Waals surface area contributed by atoms with E-state index in [1.54, 1.807) is 0 Å². The third-order valence-electron chi connectivity index (χ3n) is 3.29. The normalized spacial score (nSPS) is 11.6. The highest BCUT2D eigenvalue weighted by Gasteiger charge is 2.21. The van der Waals surface area contributed by atoms with Crippen LogP contribution in [0.3, 0.4) is 0 Å². The third-order valence-corrected chi connectivity index (χ3v) is 4.20. The molecule has 0 bridgehead atoms. The Hall–Kier alpha value is -1.45. The van der Waals surface area contributed by atoms with Crippen molar-refractivity contribution in [3.8, 4) is 0 Å². The van der Waals surface area contributed by atoms with Crippen LogP contribution >= 0.6 is 7.82 Å². The molecule has 0 spiro atoms. The van der Waals surface area contributed by atoms with Gasteiger partial charge in [-0.15, -0.1) is 0 Å². The van der Waals surface area contributed by atoms with Gasteiger partial charge in [-0.25, -0.2) is 4.57 Å². The number of rotatable bonds is 6. The topological polar surface area (TPSA) is 55.8 Å².